The third kappa shape index (κ3) is 22.8. The normalized spacial score (nSPS) is 16.3. The Balaban J connectivity index is 1.42. The molecule has 2 aromatic rings. The number of hydrogen-bond donors (Lipinski definition) is 2. The van der Waals surface area contributed by atoms with E-state index in [0.717, 1.165) is 82.1 Å². The predicted molar refractivity (Wildman–Crippen MR) is 259 cm³/mol. The maximum Gasteiger partial charge on any atom is 0.127 e. The zero-order chi connectivity index (χ0) is 42.9. The summed E-state index contributed by atoms with van der Waals surface area (Å²) in [5.74, 6) is 8.36. The number of aromatic hydroxyl groups is 2. The second-order valence-corrected chi connectivity index (χ2v) is 21.6. The van der Waals surface area contributed by atoms with E-state index in [0.29, 0.717) is 17.4 Å². The lowest BCUT2D eigenvalue weighted by Crippen LogP contribution is -2.03. The van der Waals surface area contributed by atoms with Crippen LogP contribution in [0.5, 0.6) is 11.5 Å². The zero-order valence-corrected chi connectivity index (χ0v) is 40.8. The number of fused-ring (bicyclic) bond motifs is 1. The van der Waals surface area contributed by atoms with Gasteiger partial charge in [0.2, 0.25) is 0 Å². The first kappa shape index (κ1) is 52.4. The van der Waals surface area contributed by atoms with Crippen LogP contribution in [0.1, 0.15) is 241 Å². The van der Waals surface area contributed by atoms with Gasteiger partial charge in [0.1, 0.15) is 11.5 Å². The average molecular weight is 805 g/mol. The van der Waals surface area contributed by atoms with Gasteiger partial charge in [-0.3, -0.25) is 0 Å². The summed E-state index contributed by atoms with van der Waals surface area (Å²) < 4.78 is 0. The van der Waals surface area contributed by atoms with Crippen LogP contribution in [0.15, 0.2) is 24.3 Å². The monoisotopic (exact) mass is 805 g/mol. The van der Waals surface area contributed by atoms with Crippen LogP contribution in [-0.4, -0.2) is 10.2 Å². The molecule has 5 unspecified atom stereocenters. The lowest BCUT2D eigenvalue weighted by Gasteiger charge is -2.18. The van der Waals surface area contributed by atoms with E-state index in [9.17, 15) is 10.2 Å². The van der Waals surface area contributed by atoms with E-state index in [1.54, 1.807) is 0 Å². The molecule has 8 atom stereocenters. The van der Waals surface area contributed by atoms with Gasteiger partial charge in [0.25, 0.3) is 0 Å². The topological polar surface area (TPSA) is 40.5 Å². The fourth-order valence-corrected chi connectivity index (χ4v) is 10.0. The van der Waals surface area contributed by atoms with Gasteiger partial charge in [-0.25, -0.2) is 0 Å². The summed E-state index contributed by atoms with van der Waals surface area (Å²) in [6.45, 7) is 26.5. The highest BCUT2D eigenvalue weighted by atomic mass is 16.3. The van der Waals surface area contributed by atoms with Gasteiger partial charge in [0.05, 0.1) is 0 Å². The van der Waals surface area contributed by atoms with E-state index in [1.807, 2.05) is 31.2 Å². The molecule has 0 heterocycles. The highest BCUT2D eigenvalue weighted by molar-refractivity contribution is 5.95. The molecule has 0 saturated carbocycles. The quantitative estimate of drug-likeness (QED) is 0.0681. The van der Waals surface area contributed by atoms with Crippen LogP contribution in [0.25, 0.3) is 10.8 Å². The number of phenols is 2. The fraction of sp³-hybridized carbons (Fsp3) is 0.821. The lowest BCUT2D eigenvalue weighted by molar-refractivity contribution is 0.353. The summed E-state index contributed by atoms with van der Waals surface area (Å²) in [7, 11) is 0. The Labute approximate surface area is 362 Å². The molecule has 336 valence electrons. The van der Waals surface area contributed by atoms with Gasteiger partial charge in [-0.1, -0.05) is 248 Å². The van der Waals surface area contributed by atoms with Crippen molar-refractivity contribution in [3.05, 3.63) is 35.4 Å². The van der Waals surface area contributed by atoms with Gasteiger partial charge in [0, 0.05) is 16.3 Å². The van der Waals surface area contributed by atoms with E-state index < -0.39 is 0 Å². The summed E-state index contributed by atoms with van der Waals surface area (Å²) in [6, 6.07) is 7.63. The van der Waals surface area contributed by atoms with Crippen LogP contribution >= 0.6 is 0 Å². The summed E-state index contributed by atoms with van der Waals surface area (Å²) in [4.78, 5) is 0. The van der Waals surface area contributed by atoms with Crippen molar-refractivity contribution in [3.8, 4) is 11.5 Å². The van der Waals surface area contributed by atoms with Crippen molar-refractivity contribution in [1.29, 1.82) is 0 Å². The Hall–Kier alpha value is -1.70. The molecule has 2 nitrogen and oxygen atoms in total. The minimum absolute atomic E-state index is 0.318. The molecular weight excluding hydrogens is 705 g/mol. The maximum atomic E-state index is 10.9. The highest BCUT2D eigenvalue weighted by Crippen LogP contribution is 2.40. The Morgan fingerprint density at radius 1 is 0.345 bits per heavy atom. The summed E-state index contributed by atoms with van der Waals surface area (Å²) >= 11 is 0. The van der Waals surface area contributed by atoms with Crippen molar-refractivity contribution in [2.24, 2.45) is 53.3 Å². The van der Waals surface area contributed by atoms with Gasteiger partial charge in [-0.2, -0.15) is 0 Å². The van der Waals surface area contributed by atoms with Crippen LogP contribution in [0.2, 0.25) is 0 Å². The number of phenolic OH excluding ortho intramolecular Hbond substituents is 2. The molecule has 58 heavy (non-hydrogen) atoms. The third-order valence-electron chi connectivity index (χ3n) is 14.7. The molecule has 0 aliphatic heterocycles. The second-order valence-electron chi connectivity index (χ2n) is 21.6. The van der Waals surface area contributed by atoms with Crippen LogP contribution < -0.4 is 0 Å². The molecule has 0 bridgehead atoms. The van der Waals surface area contributed by atoms with Crippen molar-refractivity contribution >= 4 is 10.8 Å². The second kappa shape index (κ2) is 30.3. The van der Waals surface area contributed by atoms with Crippen LogP contribution in [0.3, 0.4) is 0 Å². The predicted octanol–water partition coefficient (Wildman–Crippen LogP) is 18.6. The number of hydrogen-bond acceptors (Lipinski definition) is 2. The van der Waals surface area contributed by atoms with Crippen molar-refractivity contribution in [1.82, 2.24) is 0 Å². The Morgan fingerprint density at radius 2 is 0.586 bits per heavy atom. The molecule has 2 rings (SSSR count). The van der Waals surface area contributed by atoms with E-state index in [2.05, 4.69) is 69.2 Å². The molecule has 2 heteroatoms. The van der Waals surface area contributed by atoms with E-state index in [1.165, 1.54) is 154 Å². The minimum atomic E-state index is 0.318. The fourth-order valence-electron chi connectivity index (χ4n) is 10.0. The maximum absolute atomic E-state index is 10.9. The molecule has 0 aromatic heterocycles. The molecule has 0 saturated heterocycles. The smallest absolute Gasteiger partial charge is 0.127 e. The molecule has 0 radical (unpaired) electrons. The minimum Gasteiger partial charge on any atom is -0.507 e. The van der Waals surface area contributed by atoms with Gasteiger partial charge < -0.3 is 10.2 Å². The molecule has 2 N–H and O–H groups in total. The zero-order valence-electron chi connectivity index (χ0n) is 40.8. The Bertz CT molecular complexity index is 1310. The lowest BCUT2D eigenvalue weighted by atomic mass is 9.88. The van der Waals surface area contributed by atoms with Crippen molar-refractivity contribution < 1.29 is 10.2 Å². The summed E-state index contributed by atoms with van der Waals surface area (Å²) in [6.07, 6.45) is 35.6. The third-order valence-corrected chi connectivity index (χ3v) is 14.7. The van der Waals surface area contributed by atoms with E-state index in [4.69, 9.17) is 0 Å². The van der Waals surface area contributed by atoms with E-state index in [-0.39, 0.29) is 0 Å². The van der Waals surface area contributed by atoms with Crippen LogP contribution in [0, 0.1) is 60.2 Å². The van der Waals surface area contributed by atoms with Gasteiger partial charge >= 0.3 is 0 Å². The number of benzene rings is 2. The molecule has 0 aliphatic carbocycles. The average Bonchev–Trinajstić information content (AvgIpc) is 3.17. The molecular formula is C56H100O2. The van der Waals surface area contributed by atoms with Crippen LogP contribution in [-0.2, 0) is 6.42 Å². The van der Waals surface area contributed by atoms with Crippen LogP contribution in [0.4, 0.5) is 0 Å². The summed E-state index contributed by atoms with van der Waals surface area (Å²) in [5, 5.41) is 23.2. The first-order valence-electron chi connectivity index (χ1n) is 25.6. The molecule has 0 aliphatic rings. The SMILES string of the molecule is Cc1c(CC[C@H](C)CCCC(C)CCCC(C)CCCC(C)CCCC(C)CCCC(C)CCC[C@@H](C)CCC[C@H](C)CCCC(C)C)c(O)c2ccccc2c1O. The van der Waals surface area contributed by atoms with E-state index >= 15 is 0 Å². The molecule has 0 amide bonds. The molecule has 2 aromatic carbocycles. The largest absolute Gasteiger partial charge is 0.507 e. The van der Waals surface area contributed by atoms with Crippen molar-refractivity contribution in [2.75, 3.05) is 0 Å². The molecule has 0 spiro atoms. The van der Waals surface area contributed by atoms with Gasteiger partial charge in [-0.05, 0) is 78.6 Å². The first-order chi connectivity index (χ1) is 27.7. The van der Waals surface area contributed by atoms with Crippen molar-refractivity contribution in [2.45, 2.75) is 243 Å². The molecule has 0 fully saturated rings. The van der Waals surface area contributed by atoms with Gasteiger partial charge in [-0.15, -0.1) is 0 Å². The summed E-state index contributed by atoms with van der Waals surface area (Å²) in [5.41, 5.74) is 1.75. The Morgan fingerprint density at radius 3 is 0.862 bits per heavy atom. The highest BCUT2D eigenvalue weighted by Gasteiger charge is 2.17. The Kier molecular flexibility index (Phi) is 27.4. The van der Waals surface area contributed by atoms with Crippen molar-refractivity contribution in [3.63, 3.8) is 0 Å². The standard InChI is InChI=1S/C56H100O2/c1-42(2)22-14-23-43(3)24-15-25-44(4)26-16-27-45(5)28-17-29-46(6)30-18-31-47(7)32-19-33-48(8)34-20-35-49(9)36-21-37-50(10)40-41-52-51(11)55(57)53-38-12-13-39-54(53)56(52)58/h12-13,38-39,42-50,57-58H,14-37,40-41H2,1-11H3/t43-,44+,45?,46?,47?,48?,49?,50-/m1/s1. The number of rotatable bonds is 35. The first-order valence-corrected chi connectivity index (χ1v) is 25.6. The van der Waals surface area contributed by atoms with Gasteiger partial charge in [0.15, 0.2) is 0 Å².